The van der Waals surface area contributed by atoms with E-state index < -0.39 is 0 Å². The summed E-state index contributed by atoms with van der Waals surface area (Å²) < 4.78 is 10.9. The first kappa shape index (κ1) is 18.3. The van der Waals surface area contributed by atoms with Crippen LogP contribution in [0, 0.1) is 0 Å². The number of hydrogen-bond acceptors (Lipinski definition) is 5. The Morgan fingerprint density at radius 1 is 1.00 bits per heavy atom. The number of phenols is 1. The number of halogens is 1. The van der Waals surface area contributed by atoms with Crippen molar-refractivity contribution < 1.29 is 24.8 Å². The highest BCUT2D eigenvalue weighted by Crippen LogP contribution is 2.37. The number of methoxy groups -OCH3 is 2. The molecule has 0 fully saturated rings. The zero-order valence-electron chi connectivity index (χ0n) is 13.4. The van der Waals surface area contributed by atoms with Crippen molar-refractivity contribution in [2.24, 2.45) is 0 Å². The molecule has 5 nitrogen and oxygen atoms in total. The Kier molecular flexibility index (Phi) is 6.25. The smallest absolute Gasteiger partial charge is 0.172 e. The van der Waals surface area contributed by atoms with Gasteiger partial charge < -0.3 is 24.8 Å². The van der Waals surface area contributed by atoms with E-state index in [-0.39, 0.29) is 19.0 Å². The number of rotatable bonds is 6. The molecule has 2 aromatic rings. The van der Waals surface area contributed by atoms with E-state index in [9.17, 15) is 15.3 Å². The van der Waals surface area contributed by atoms with E-state index in [1.807, 2.05) is 18.2 Å². The minimum absolute atomic E-state index is 0.0314. The monoisotopic (exact) mass is 394 g/mol. The predicted molar refractivity (Wildman–Crippen MR) is 96.1 cm³/mol. The molecule has 24 heavy (non-hydrogen) atoms. The highest BCUT2D eigenvalue weighted by molar-refractivity contribution is 9.10. The lowest BCUT2D eigenvalue weighted by atomic mass is 10.0. The maximum absolute atomic E-state index is 10.0. The lowest BCUT2D eigenvalue weighted by molar-refractivity contribution is 0.254. The van der Waals surface area contributed by atoms with Crippen molar-refractivity contribution in [1.29, 1.82) is 0 Å². The van der Waals surface area contributed by atoms with Crippen molar-refractivity contribution in [3.8, 4) is 17.2 Å². The van der Waals surface area contributed by atoms with Crippen LogP contribution < -0.4 is 9.47 Å². The average molecular weight is 395 g/mol. The molecule has 0 aliphatic rings. The number of aliphatic hydroxyl groups is 2. The molecule has 3 N–H and O–H groups in total. The fourth-order valence-electron chi connectivity index (χ4n) is 2.37. The van der Waals surface area contributed by atoms with Gasteiger partial charge in [0.25, 0.3) is 0 Å². The molecule has 0 spiro atoms. The Balaban J connectivity index is 2.41. The van der Waals surface area contributed by atoms with Gasteiger partial charge in [0.1, 0.15) is 5.75 Å². The summed E-state index contributed by atoms with van der Waals surface area (Å²) in [6, 6.07) is 7.04. The number of aliphatic hydroxyl groups excluding tert-OH is 2. The molecule has 0 heterocycles. The topological polar surface area (TPSA) is 79.2 Å². The lowest BCUT2D eigenvalue weighted by Gasteiger charge is -2.12. The van der Waals surface area contributed by atoms with E-state index in [2.05, 4.69) is 15.9 Å². The summed E-state index contributed by atoms with van der Waals surface area (Å²) in [7, 11) is 3.00. The van der Waals surface area contributed by atoms with Crippen LogP contribution >= 0.6 is 15.9 Å². The molecule has 2 aromatic carbocycles. The highest BCUT2D eigenvalue weighted by Gasteiger charge is 2.11. The molecule has 0 aromatic heterocycles. The lowest BCUT2D eigenvalue weighted by Crippen LogP contribution is -1.99. The van der Waals surface area contributed by atoms with Gasteiger partial charge in [-0.1, -0.05) is 12.2 Å². The molecule has 0 amide bonds. The maximum atomic E-state index is 10.0. The summed E-state index contributed by atoms with van der Waals surface area (Å²) in [5, 5.41) is 28.9. The van der Waals surface area contributed by atoms with E-state index in [4.69, 9.17) is 9.47 Å². The van der Waals surface area contributed by atoms with Crippen molar-refractivity contribution in [2.75, 3.05) is 14.2 Å². The number of ether oxygens (including phenoxy) is 2. The van der Waals surface area contributed by atoms with Gasteiger partial charge in [-0.05, 0) is 56.9 Å². The summed E-state index contributed by atoms with van der Waals surface area (Å²) >= 11 is 3.35. The van der Waals surface area contributed by atoms with E-state index in [1.165, 1.54) is 14.2 Å². The molecular formula is C18H19BrO5. The average Bonchev–Trinajstić information content (AvgIpc) is 2.61. The van der Waals surface area contributed by atoms with Crippen molar-refractivity contribution in [3.05, 3.63) is 51.0 Å². The molecular weight excluding hydrogens is 376 g/mol. The maximum Gasteiger partial charge on any atom is 0.172 e. The second-order valence-electron chi connectivity index (χ2n) is 5.03. The van der Waals surface area contributed by atoms with E-state index in [1.54, 1.807) is 18.2 Å². The molecule has 0 unspecified atom stereocenters. The standard InChI is InChI=1S/C18H19BrO5/c1-23-15-6-5-12(17(19)18(15)22)4-3-11-7-13(9-20)14(10-21)16(8-11)24-2/h3-8,20-22H,9-10H2,1-2H3. The van der Waals surface area contributed by atoms with Gasteiger partial charge in [0, 0.05) is 5.56 Å². The van der Waals surface area contributed by atoms with Gasteiger partial charge in [0.15, 0.2) is 11.5 Å². The number of phenolic OH excluding ortho intramolecular Hbond substituents is 1. The van der Waals surface area contributed by atoms with Crippen LogP contribution in [0.1, 0.15) is 22.3 Å². The first-order chi connectivity index (χ1) is 11.5. The Morgan fingerprint density at radius 2 is 1.71 bits per heavy atom. The second-order valence-corrected chi connectivity index (χ2v) is 5.82. The first-order valence-electron chi connectivity index (χ1n) is 7.20. The van der Waals surface area contributed by atoms with Crippen molar-refractivity contribution >= 4 is 28.1 Å². The number of benzene rings is 2. The zero-order chi connectivity index (χ0) is 17.7. The largest absolute Gasteiger partial charge is 0.503 e. The molecule has 0 saturated heterocycles. The Morgan fingerprint density at radius 3 is 2.29 bits per heavy atom. The fraction of sp³-hybridized carbons (Fsp3) is 0.222. The fourth-order valence-corrected chi connectivity index (χ4v) is 2.83. The van der Waals surface area contributed by atoms with E-state index in [0.717, 1.165) is 11.1 Å². The molecule has 6 heteroatoms. The third-order valence-corrected chi connectivity index (χ3v) is 4.49. The van der Waals surface area contributed by atoms with Gasteiger partial charge in [0.2, 0.25) is 0 Å². The van der Waals surface area contributed by atoms with Crippen LogP contribution in [0.4, 0.5) is 0 Å². The minimum Gasteiger partial charge on any atom is -0.503 e. The van der Waals surface area contributed by atoms with Crippen molar-refractivity contribution in [2.45, 2.75) is 13.2 Å². The van der Waals surface area contributed by atoms with Gasteiger partial charge in [0.05, 0.1) is 31.9 Å². The second kappa shape index (κ2) is 8.19. The molecule has 0 radical (unpaired) electrons. The van der Waals surface area contributed by atoms with Crippen LogP contribution in [0.2, 0.25) is 0 Å². The summed E-state index contributed by atoms with van der Waals surface area (Å²) in [6.45, 7) is -0.401. The molecule has 0 atom stereocenters. The third-order valence-electron chi connectivity index (χ3n) is 3.66. The Labute approximate surface area is 148 Å². The number of hydrogen-bond donors (Lipinski definition) is 3. The van der Waals surface area contributed by atoms with E-state index in [0.29, 0.717) is 27.1 Å². The van der Waals surface area contributed by atoms with Gasteiger partial charge >= 0.3 is 0 Å². The quantitative estimate of drug-likeness (QED) is 0.654. The Bertz CT molecular complexity index is 730. The van der Waals surface area contributed by atoms with E-state index >= 15 is 0 Å². The normalized spacial score (nSPS) is 11.0. The van der Waals surface area contributed by atoms with Crippen molar-refractivity contribution in [3.63, 3.8) is 0 Å². The van der Waals surface area contributed by atoms with Gasteiger partial charge in [-0.25, -0.2) is 0 Å². The molecule has 0 bridgehead atoms. The van der Waals surface area contributed by atoms with Crippen LogP contribution in [-0.2, 0) is 13.2 Å². The molecule has 0 aliphatic heterocycles. The molecule has 0 aliphatic carbocycles. The van der Waals surface area contributed by atoms with Gasteiger partial charge in [-0.2, -0.15) is 0 Å². The predicted octanol–water partition coefficient (Wildman–Crippen LogP) is 3.33. The van der Waals surface area contributed by atoms with Crippen LogP contribution in [0.5, 0.6) is 17.2 Å². The van der Waals surface area contributed by atoms with Gasteiger partial charge in [-0.3, -0.25) is 0 Å². The summed E-state index contributed by atoms with van der Waals surface area (Å²) in [5.41, 5.74) is 2.74. The van der Waals surface area contributed by atoms with Crippen LogP contribution in [0.25, 0.3) is 12.2 Å². The van der Waals surface area contributed by atoms with Crippen LogP contribution in [0.15, 0.2) is 28.7 Å². The highest BCUT2D eigenvalue weighted by atomic mass is 79.9. The number of aromatic hydroxyl groups is 1. The van der Waals surface area contributed by atoms with Crippen LogP contribution in [-0.4, -0.2) is 29.5 Å². The molecule has 0 saturated carbocycles. The SMILES string of the molecule is COc1ccc(C=Cc2cc(CO)c(CO)c(OC)c2)c(Br)c1O. The third kappa shape index (κ3) is 3.72. The Hall–Kier alpha value is -2.02. The molecule has 128 valence electrons. The summed E-state index contributed by atoms with van der Waals surface area (Å²) in [4.78, 5) is 0. The van der Waals surface area contributed by atoms with Gasteiger partial charge in [-0.15, -0.1) is 0 Å². The summed E-state index contributed by atoms with van der Waals surface area (Å²) in [6.07, 6.45) is 3.65. The van der Waals surface area contributed by atoms with Crippen molar-refractivity contribution in [1.82, 2.24) is 0 Å². The summed E-state index contributed by atoms with van der Waals surface area (Å²) in [5.74, 6) is 0.930. The molecule has 2 rings (SSSR count). The first-order valence-corrected chi connectivity index (χ1v) is 8.00. The van der Waals surface area contributed by atoms with Crippen LogP contribution in [0.3, 0.4) is 0 Å². The minimum atomic E-state index is -0.207. The zero-order valence-corrected chi connectivity index (χ0v) is 15.0.